The molecule has 71 heavy (non-hydrogen) atoms. The minimum atomic E-state index is -5.02. The monoisotopic (exact) mass is 1030 g/mol. The first-order valence-corrected chi connectivity index (χ1v) is 31.9. The highest BCUT2D eigenvalue weighted by Crippen LogP contribution is 2.47. The van der Waals surface area contributed by atoms with Crippen molar-refractivity contribution in [3.63, 3.8) is 0 Å². The number of unbranched alkanes of at least 4 members (excludes halogenated alkanes) is 42. The molecule has 0 aromatic carbocycles. The second-order valence-electron chi connectivity index (χ2n) is 21.6. The minimum Gasteiger partial charge on any atom is -0.457 e. The van der Waals surface area contributed by atoms with Gasteiger partial charge in [-0.25, -0.2) is 4.57 Å². The molecule has 6 N–H and O–H groups in total. The average Bonchev–Trinajstić information content (AvgIpc) is 3.36. The lowest BCUT2D eigenvalue weighted by Gasteiger charge is -2.41. The first-order chi connectivity index (χ1) is 34.5. The summed E-state index contributed by atoms with van der Waals surface area (Å²) >= 11 is 0. The van der Waals surface area contributed by atoms with Crippen LogP contribution in [0.4, 0.5) is 0 Å². The number of phosphoric ester groups is 1. The normalized spacial score (nSPS) is 20.6. The smallest absolute Gasteiger partial charge is 0.457 e. The molecule has 0 spiro atoms. The van der Waals surface area contributed by atoms with E-state index in [1.165, 1.54) is 238 Å². The molecule has 0 aromatic heterocycles. The Hall–Kier alpha value is -0.660. The summed E-state index contributed by atoms with van der Waals surface area (Å²) in [5.41, 5.74) is 0. The van der Waals surface area contributed by atoms with Gasteiger partial charge in [0.25, 0.3) is 0 Å². The van der Waals surface area contributed by atoms with Crippen LogP contribution in [0, 0.1) is 0 Å². The highest BCUT2D eigenvalue weighted by atomic mass is 31.2. The van der Waals surface area contributed by atoms with Crippen LogP contribution in [0.1, 0.15) is 303 Å². The Bertz CT molecular complexity index is 1180. The zero-order valence-corrected chi connectivity index (χ0v) is 47.0. The standard InChI is InChI=1S/C58H115O12P/c1-3-5-7-9-11-13-15-17-19-21-23-24-25-26-27-28-29-30-31-33-35-37-39-41-43-45-47-52(59)69-51(50-68-71(65,66)70-58-56(63)54(61)53(60)55(62)57(58)64)49-67-48-46-44-42-40-38-36-34-32-22-20-18-16-14-12-10-8-6-4-2/h51,53-58,60-64H,3-50H2,1-2H3,(H,65,66)/t51-,53?,54-,55?,56?,57?,58?/m1/s1. The molecular weight excluding hydrogens is 920 g/mol. The molecule has 0 radical (unpaired) electrons. The van der Waals surface area contributed by atoms with E-state index in [1.807, 2.05) is 0 Å². The fraction of sp³-hybridized carbons (Fsp3) is 0.983. The largest absolute Gasteiger partial charge is 0.472 e. The molecule has 1 aliphatic rings. The molecule has 0 saturated heterocycles. The molecule has 12 nitrogen and oxygen atoms in total. The van der Waals surface area contributed by atoms with Crippen LogP contribution in [0.5, 0.6) is 0 Å². The molecule has 0 aliphatic heterocycles. The molecule has 424 valence electrons. The second-order valence-corrected chi connectivity index (χ2v) is 23.0. The first kappa shape index (κ1) is 68.4. The Morgan fingerprint density at radius 1 is 0.394 bits per heavy atom. The van der Waals surface area contributed by atoms with Crippen molar-refractivity contribution >= 4 is 13.8 Å². The summed E-state index contributed by atoms with van der Waals surface area (Å²) in [6.45, 7) is 4.35. The fourth-order valence-electron chi connectivity index (χ4n) is 9.95. The van der Waals surface area contributed by atoms with Gasteiger partial charge in [0.2, 0.25) is 0 Å². The van der Waals surface area contributed by atoms with Gasteiger partial charge in [0.1, 0.15) is 42.7 Å². The SMILES string of the molecule is CCCCCCCCCCCCCCCCCCCCCCCCCCCCC(=O)O[C@H](COCCCCCCCCCCCCCCCCCCCC)COP(=O)(O)OC1C(O)C(O)C(O)[C@@H](O)C1O. The maximum atomic E-state index is 12.9. The van der Waals surface area contributed by atoms with Gasteiger partial charge in [-0.3, -0.25) is 13.8 Å². The third kappa shape index (κ3) is 40.3. The predicted molar refractivity (Wildman–Crippen MR) is 290 cm³/mol. The number of ether oxygens (including phenoxy) is 2. The van der Waals surface area contributed by atoms with Gasteiger partial charge in [0.05, 0.1) is 13.2 Å². The molecule has 0 amide bonds. The van der Waals surface area contributed by atoms with Crippen LogP contribution in [0.2, 0.25) is 0 Å². The van der Waals surface area contributed by atoms with E-state index in [9.17, 15) is 39.8 Å². The van der Waals surface area contributed by atoms with Crippen LogP contribution >= 0.6 is 7.82 Å². The number of rotatable bonds is 54. The maximum Gasteiger partial charge on any atom is 0.472 e. The van der Waals surface area contributed by atoms with Crippen LogP contribution < -0.4 is 0 Å². The number of carbonyl (C=O) groups excluding carboxylic acids is 1. The van der Waals surface area contributed by atoms with Crippen molar-refractivity contribution in [1.29, 1.82) is 0 Å². The van der Waals surface area contributed by atoms with E-state index in [2.05, 4.69) is 13.8 Å². The van der Waals surface area contributed by atoms with E-state index in [0.717, 1.165) is 38.5 Å². The maximum absolute atomic E-state index is 12.9. The molecule has 1 fully saturated rings. The van der Waals surface area contributed by atoms with Gasteiger partial charge in [0, 0.05) is 13.0 Å². The summed E-state index contributed by atoms with van der Waals surface area (Å²) < 4.78 is 34.5. The summed E-state index contributed by atoms with van der Waals surface area (Å²) in [6, 6.07) is 0. The van der Waals surface area contributed by atoms with Crippen molar-refractivity contribution in [3.05, 3.63) is 0 Å². The van der Waals surface area contributed by atoms with Gasteiger partial charge < -0.3 is 39.9 Å². The van der Waals surface area contributed by atoms with Gasteiger partial charge in [-0.15, -0.1) is 0 Å². The van der Waals surface area contributed by atoms with Gasteiger partial charge >= 0.3 is 13.8 Å². The number of esters is 1. The van der Waals surface area contributed by atoms with E-state index in [0.29, 0.717) is 13.0 Å². The number of aliphatic hydroxyl groups excluding tert-OH is 5. The quantitative estimate of drug-likeness (QED) is 0.0192. The molecule has 0 bridgehead atoms. The van der Waals surface area contributed by atoms with E-state index < -0.39 is 63.1 Å². The lowest BCUT2D eigenvalue weighted by atomic mass is 9.85. The van der Waals surface area contributed by atoms with Crippen molar-refractivity contribution in [2.75, 3.05) is 19.8 Å². The lowest BCUT2D eigenvalue weighted by molar-refractivity contribution is -0.220. The van der Waals surface area contributed by atoms with Crippen LogP contribution in [0.15, 0.2) is 0 Å². The lowest BCUT2D eigenvalue weighted by Crippen LogP contribution is -2.64. The van der Waals surface area contributed by atoms with Crippen LogP contribution in [-0.4, -0.2) is 98.9 Å². The second kappa shape index (κ2) is 48.9. The van der Waals surface area contributed by atoms with Gasteiger partial charge in [-0.1, -0.05) is 284 Å². The van der Waals surface area contributed by atoms with Crippen molar-refractivity contribution in [1.82, 2.24) is 0 Å². The average molecular weight is 1040 g/mol. The van der Waals surface area contributed by atoms with Crippen molar-refractivity contribution in [2.24, 2.45) is 0 Å². The molecule has 6 unspecified atom stereocenters. The van der Waals surface area contributed by atoms with Crippen molar-refractivity contribution in [3.8, 4) is 0 Å². The van der Waals surface area contributed by atoms with E-state index >= 15 is 0 Å². The molecule has 1 rings (SSSR count). The molecule has 1 saturated carbocycles. The zero-order valence-electron chi connectivity index (χ0n) is 46.1. The van der Waals surface area contributed by atoms with Gasteiger partial charge in [-0.2, -0.15) is 0 Å². The predicted octanol–water partition coefficient (Wildman–Crippen LogP) is 14.8. The van der Waals surface area contributed by atoms with Gasteiger partial charge in [0.15, 0.2) is 0 Å². The molecule has 0 heterocycles. The zero-order chi connectivity index (χ0) is 51.9. The first-order valence-electron chi connectivity index (χ1n) is 30.4. The number of aliphatic hydroxyl groups is 5. The molecule has 13 heteroatoms. The molecule has 8 atom stereocenters. The van der Waals surface area contributed by atoms with Crippen LogP contribution in [0.25, 0.3) is 0 Å². The Morgan fingerprint density at radius 2 is 0.662 bits per heavy atom. The summed E-state index contributed by atoms with van der Waals surface area (Å²) in [6.07, 6.45) is 44.7. The van der Waals surface area contributed by atoms with Crippen molar-refractivity contribution in [2.45, 2.75) is 346 Å². The number of carbonyl (C=O) groups is 1. The van der Waals surface area contributed by atoms with Crippen LogP contribution in [-0.2, 0) is 27.9 Å². The molecule has 1 aliphatic carbocycles. The number of hydrogen-bond donors (Lipinski definition) is 6. The molecular formula is C58H115O12P. The number of phosphoric acid groups is 1. The highest BCUT2D eigenvalue weighted by molar-refractivity contribution is 7.47. The Labute approximate surface area is 435 Å². The minimum absolute atomic E-state index is 0.0670. The molecule has 0 aromatic rings. The third-order valence-corrected chi connectivity index (χ3v) is 15.7. The summed E-state index contributed by atoms with van der Waals surface area (Å²) in [4.78, 5) is 23.3. The number of hydrogen-bond acceptors (Lipinski definition) is 11. The Morgan fingerprint density at radius 3 is 0.972 bits per heavy atom. The van der Waals surface area contributed by atoms with E-state index in [4.69, 9.17) is 18.5 Å². The van der Waals surface area contributed by atoms with E-state index in [-0.39, 0.29) is 13.0 Å². The highest BCUT2D eigenvalue weighted by Gasteiger charge is 2.51. The third-order valence-electron chi connectivity index (χ3n) is 14.7. The van der Waals surface area contributed by atoms with Crippen LogP contribution in [0.3, 0.4) is 0 Å². The Kier molecular flexibility index (Phi) is 47.1. The summed E-state index contributed by atoms with van der Waals surface area (Å²) in [5.74, 6) is -0.466. The van der Waals surface area contributed by atoms with Crippen molar-refractivity contribution < 1.29 is 58.3 Å². The van der Waals surface area contributed by atoms with Gasteiger partial charge in [-0.05, 0) is 12.8 Å². The Balaban J connectivity index is 2.22. The van der Waals surface area contributed by atoms with E-state index in [1.54, 1.807) is 0 Å². The summed E-state index contributed by atoms with van der Waals surface area (Å²) in [7, 11) is -5.02. The summed E-state index contributed by atoms with van der Waals surface area (Å²) in [5, 5.41) is 50.4. The fourth-order valence-corrected chi connectivity index (χ4v) is 10.9. The topological polar surface area (TPSA) is 192 Å².